The molecule has 0 aromatic heterocycles. The lowest BCUT2D eigenvalue weighted by atomic mass is 9.85. The van der Waals surface area contributed by atoms with E-state index in [-0.39, 0.29) is 0 Å². The summed E-state index contributed by atoms with van der Waals surface area (Å²) in [4.78, 5) is 0. The number of hydrogen-bond acceptors (Lipinski definition) is 2. The molecule has 0 saturated heterocycles. The molecule has 80 valence electrons. The molecule has 14 heavy (non-hydrogen) atoms. The van der Waals surface area contributed by atoms with Gasteiger partial charge in [0.05, 0.1) is 0 Å². The molecule has 1 saturated carbocycles. The van der Waals surface area contributed by atoms with Gasteiger partial charge in [0.15, 0.2) is 0 Å². The number of rotatable bonds is 1. The van der Waals surface area contributed by atoms with Crippen LogP contribution >= 0.6 is 0 Å². The van der Waals surface area contributed by atoms with Crippen molar-refractivity contribution in [1.29, 1.82) is 0 Å². The molecule has 1 aliphatic rings. The highest BCUT2D eigenvalue weighted by molar-refractivity contribution is 5.14. The number of aliphatic hydroxyl groups excluding tert-OH is 1. The summed E-state index contributed by atoms with van der Waals surface area (Å²) in [7, 11) is 0. The van der Waals surface area contributed by atoms with Gasteiger partial charge in [-0.15, -0.1) is 0 Å². The van der Waals surface area contributed by atoms with E-state index >= 15 is 0 Å². The van der Waals surface area contributed by atoms with Crippen LogP contribution in [0.4, 0.5) is 0 Å². The number of hydrogen-bond donors (Lipinski definition) is 2. The Balaban J connectivity index is 2.46. The highest BCUT2D eigenvalue weighted by Gasteiger charge is 2.20. The van der Waals surface area contributed by atoms with Crippen molar-refractivity contribution >= 4 is 0 Å². The maximum Gasteiger partial charge on any atom is 0.120 e. The van der Waals surface area contributed by atoms with E-state index in [9.17, 15) is 10.2 Å². The first kappa shape index (κ1) is 11.6. The third kappa shape index (κ3) is 4.13. The lowest BCUT2D eigenvalue weighted by molar-refractivity contribution is 0.126. The summed E-state index contributed by atoms with van der Waals surface area (Å²) in [6, 6.07) is 0. The minimum atomic E-state index is -0.990. The van der Waals surface area contributed by atoms with E-state index in [1.54, 1.807) is 13.8 Å². The van der Waals surface area contributed by atoms with E-state index < -0.39 is 11.7 Å². The second-order valence-electron chi connectivity index (χ2n) is 4.67. The standard InChI is InChI=1S/C12H20O2/c1-12(2,14)9-8-11(13)10-6-4-3-5-7-10/h10-11,13-14H,3-7H2,1-2H3. The summed E-state index contributed by atoms with van der Waals surface area (Å²) < 4.78 is 0. The zero-order valence-corrected chi connectivity index (χ0v) is 9.08. The third-order valence-corrected chi connectivity index (χ3v) is 2.62. The van der Waals surface area contributed by atoms with Crippen LogP contribution in [0.2, 0.25) is 0 Å². The van der Waals surface area contributed by atoms with Crippen LogP contribution in [0.3, 0.4) is 0 Å². The first-order chi connectivity index (χ1) is 6.49. The van der Waals surface area contributed by atoms with Crippen molar-refractivity contribution in [2.75, 3.05) is 0 Å². The molecular weight excluding hydrogens is 176 g/mol. The van der Waals surface area contributed by atoms with Gasteiger partial charge in [0.1, 0.15) is 11.7 Å². The topological polar surface area (TPSA) is 40.5 Å². The fourth-order valence-corrected chi connectivity index (χ4v) is 1.82. The molecule has 1 fully saturated rings. The quantitative estimate of drug-likeness (QED) is 0.627. The molecule has 1 unspecified atom stereocenters. The van der Waals surface area contributed by atoms with Crippen LogP contribution in [-0.2, 0) is 0 Å². The van der Waals surface area contributed by atoms with Gasteiger partial charge in [-0.1, -0.05) is 31.1 Å². The Hall–Kier alpha value is -0.520. The highest BCUT2D eigenvalue weighted by atomic mass is 16.3. The molecule has 0 aliphatic heterocycles. The van der Waals surface area contributed by atoms with Crippen molar-refractivity contribution in [3.05, 3.63) is 0 Å². The Bertz CT molecular complexity index is 223. The lowest BCUT2D eigenvalue weighted by Gasteiger charge is -2.23. The number of aliphatic hydroxyl groups is 2. The minimum Gasteiger partial charge on any atom is -0.380 e. The van der Waals surface area contributed by atoms with Gasteiger partial charge >= 0.3 is 0 Å². The molecule has 1 aliphatic carbocycles. The summed E-state index contributed by atoms with van der Waals surface area (Å²) in [6.07, 6.45) is 5.27. The van der Waals surface area contributed by atoms with Gasteiger partial charge in [-0.2, -0.15) is 0 Å². The van der Waals surface area contributed by atoms with Crippen LogP contribution in [-0.4, -0.2) is 21.9 Å². The van der Waals surface area contributed by atoms with E-state index in [0.29, 0.717) is 5.92 Å². The molecule has 0 radical (unpaired) electrons. The van der Waals surface area contributed by atoms with Crippen LogP contribution in [0.15, 0.2) is 0 Å². The smallest absolute Gasteiger partial charge is 0.120 e. The van der Waals surface area contributed by atoms with E-state index in [1.807, 2.05) is 0 Å². The molecule has 0 amide bonds. The summed E-state index contributed by atoms with van der Waals surface area (Å²) in [6.45, 7) is 3.27. The average Bonchev–Trinajstić information content (AvgIpc) is 2.14. The fourth-order valence-electron chi connectivity index (χ4n) is 1.82. The minimum absolute atomic E-state index is 0.318. The van der Waals surface area contributed by atoms with Gasteiger partial charge in [-0.05, 0) is 32.6 Å². The Morgan fingerprint density at radius 1 is 1.21 bits per heavy atom. The zero-order valence-electron chi connectivity index (χ0n) is 9.08. The van der Waals surface area contributed by atoms with Gasteiger partial charge in [0.25, 0.3) is 0 Å². The van der Waals surface area contributed by atoms with E-state index in [2.05, 4.69) is 11.8 Å². The first-order valence-corrected chi connectivity index (χ1v) is 5.42. The van der Waals surface area contributed by atoms with Gasteiger partial charge < -0.3 is 10.2 Å². The zero-order chi connectivity index (χ0) is 10.6. The monoisotopic (exact) mass is 196 g/mol. The molecule has 1 rings (SSSR count). The summed E-state index contributed by atoms with van der Waals surface area (Å²) in [5.74, 6) is 5.74. The molecule has 0 bridgehead atoms. The van der Waals surface area contributed by atoms with Gasteiger partial charge in [-0.25, -0.2) is 0 Å². The maximum absolute atomic E-state index is 9.75. The molecular formula is C12H20O2. The van der Waals surface area contributed by atoms with Gasteiger partial charge in [0.2, 0.25) is 0 Å². The van der Waals surface area contributed by atoms with Crippen LogP contribution in [0, 0.1) is 17.8 Å². The normalized spacial score (nSPS) is 21.1. The second-order valence-corrected chi connectivity index (χ2v) is 4.67. The largest absolute Gasteiger partial charge is 0.380 e. The van der Waals surface area contributed by atoms with Crippen molar-refractivity contribution < 1.29 is 10.2 Å². The van der Waals surface area contributed by atoms with Gasteiger partial charge in [-0.3, -0.25) is 0 Å². The Morgan fingerprint density at radius 3 is 2.29 bits per heavy atom. The third-order valence-electron chi connectivity index (χ3n) is 2.62. The van der Waals surface area contributed by atoms with Crippen molar-refractivity contribution in [3.63, 3.8) is 0 Å². The van der Waals surface area contributed by atoms with Crippen LogP contribution < -0.4 is 0 Å². The summed E-state index contributed by atoms with van der Waals surface area (Å²) in [5.41, 5.74) is -0.990. The highest BCUT2D eigenvalue weighted by Crippen LogP contribution is 2.26. The SMILES string of the molecule is CC(C)(O)C#CC(O)C1CCCCC1. The van der Waals surface area contributed by atoms with E-state index in [4.69, 9.17) is 0 Å². The Morgan fingerprint density at radius 2 is 1.79 bits per heavy atom. The predicted molar refractivity (Wildman–Crippen MR) is 56.7 cm³/mol. The van der Waals surface area contributed by atoms with E-state index in [1.165, 1.54) is 19.3 Å². The average molecular weight is 196 g/mol. The maximum atomic E-state index is 9.75. The van der Waals surface area contributed by atoms with Crippen molar-refractivity contribution in [3.8, 4) is 11.8 Å². The Kier molecular flexibility index (Phi) is 3.97. The van der Waals surface area contributed by atoms with Crippen molar-refractivity contribution in [2.45, 2.75) is 57.7 Å². The summed E-state index contributed by atoms with van der Waals surface area (Å²) in [5, 5.41) is 19.1. The molecule has 0 aromatic carbocycles. The van der Waals surface area contributed by atoms with Crippen LogP contribution in [0.5, 0.6) is 0 Å². The predicted octanol–water partition coefficient (Wildman–Crippen LogP) is 1.70. The molecule has 0 heterocycles. The fraction of sp³-hybridized carbons (Fsp3) is 0.833. The van der Waals surface area contributed by atoms with Crippen molar-refractivity contribution in [2.24, 2.45) is 5.92 Å². The Labute approximate surface area is 86.3 Å². The van der Waals surface area contributed by atoms with E-state index in [0.717, 1.165) is 12.8 Å². The van der Waals surface area contributed by atoms with Gasteiger partial charge in [0, 0.05) is 0 Å². The van der Waals surface area contributed by atoms with Crippen LogP contribution in [0.1, 0.15) is 46.0 Å². The lowest BCUT2D eigenvalue weighted by Crippen LogP contribution is -2.23. The molecule has 1 atom stereocenters. The first-order valence-electron chi connectivity index (χ1n) is 5.42. The molecule has 2 nitrogen and oxygen atoms in total. The molecule has 0 aromatic rings. The van der Waals surface area contributed by atoms with Crippen molar-refractivity contribution in [1.82, 2.24) is 0 Å². The molecule has 2 N–H and O–H groups in total. The second kappa shape index (κ2) is 4.82. The molecule has 0 spiro atoms. The summed E-state index contributed by atoms with van der Waals surface area (Å²) >= 11 is 0. The van der Waals surface area contributed by atoms with Crippen LogP contribution in [0.25, 0.3) is 0 Å². The molecule has 2 heteroatoms.